The Bertz CT molecular complexity index is 606. The normalized spacial score (nSPS) is 14.2. The Hall–Kier alpha value is -1.61. The molecule has 0 aliphatic rings. The second-order valence-electron chi connectivity index (χ2n) is 6.12. The van der Waals surface area contributed by atoms with Crippen LogP contribution in [0.5, 0.6) is 0 Å². The molecule has 1 aromatic heterocycles. The van der Waals surface area contributed by atoms with Gasteiger partial charge in [0.15, 0.2) is 0 Å². The predicted molar refractivity (Wildman–Crippen MR) is 86.5 cm³/mol. The van der Waals surface area contributed by atoms with Gasteiger partial charge in [0, 0.05) is 18.7 Å². The molecule has 0 saturated heterocycles. The summed E-state index contributed by atoms with van der Waals surface area (Å²) in [4.78, 5) is 0. The van der Waals surface area contributed by atoms with E-state index in [0.29, 0.717) is 6.42 Å². The highest BCUT2D eigenvalue weighted by Crippen LogP contribution is 2.27. The number of rotatable bonds is 5. The van der Waals surface area contributed by atoms with Crippen LogP contribution in [-0.2, 0) is 25.0 Å². The van der Waals surface area contributed by atoms with Crippen LogP contribution in [0.3, 0.4) is 0 Å². The molecule has 1 unspecified atom stereocenters. The Morgan fingerprint density at radius 2 is 1.71 bits per heavy atom. The van der Waals surface area contributed by atoms with Crippen molar-refractivity contribution in [2.75, 3.05) is 0 Å². The minimum absolute atomic E-state index is 0.580. The average molecular weight is 286 g/mol. The van der Waals surface area contributed by atoms with Crippen LogP contribution < -0.4 is 0 Å². The summed E-state index contributed by atoms with van der Waals surface area (Å²) >= 11 is 0. The molecule has 0 radical (unpaired) electrons. The van der Waals surface area contributed by atoms with Crippen LogP contribution in [-0.4, -0.2) is 14.9 Å². The molecule has 0 aliphatic heterocycles. The molecule has 3 heteroatoms. The Labute approximate surface area is 127 Å². The molecule has 3 nitrogen and oxygen atoms in total. The molecule has 1 heterocycles. The van der Waals surface area contributed by atoms with Crippen LogP contribution in [0.1, 0.15) is 48.8 Å². The number of aliphatic hydroxyl groups is 1. The first kappa shape index (κ1) is 15.8. The predicted octanol–water partition coefficient (Wildman–Crippen LogP) is 3.53. The van der Waals surface area contributed by atoms with Gasteiger partial charge in [-0.1, -0.05) is 36.2 Å². The van der Waals surface area contributed by atoms with Crippen LogP contribution >= 0.6 is 0 Å². The van der Waals surface area contributed by atoms with E-state index in [1.54, 1.807) is 0 Å². The third-order valence-corrected chi connectivity index (χ3v) is 3.94. The standard InChI is InChI=1S/C18H26N2O/c1-6-16-11-17(20(7-2)19-16)12-18(5,21)15-9-13(3)8-14(4)10-15/h8-11,21H,6-7,12H2,1-5H3. The van der Waals surface area contributed by atoms with Crippen LogP contribution in [0.15, 0.2) is 24.3 Å². The van der Waals surface area contributed by atoms with E-state index in [1.165, 1.54) is 11.1 Å². The molecule has 114 valence electrons. The van der Waals surface area contributed by atoms with Gasteiger partial charge in [0.05, 0.1) is 11.3 Å². The summed E-state index contributed by atoms with van der Waals surface area (Å²) in [6, 6.07) is 8.38. The van der Waals surface area contributed by atoms with Crippen molar-refractivity contribution in [1.82, 2.24) is 9.78 Å². The van der Waals surface area contributed by atoms with Gasteiger partial charge in [0.2, 0.25) is 0 Å². The Morgan fingerprint density at radius 3 is 2.24 bits per heavy atom. The second-order valence-corrected chi connectivity index (χ2v) is 6.12. The monoisotopic (exact) mass is 286 g/mol. The molecular weight excluding hydrogens is 260 g/mol. The van der Waals surface area contributed by atoms with Crippen molar-refractivity contribution in [3.05, 3.63) is 52.3 Å². The van der Waals surface area contributed by atoms with Gasteiger partial charge in [0.1, 0.15) is 0 Å². The third kappa shape index (κ3) is 3.53. The first-order chi connectivity index (χ1) is 9.85. The number of nitrogens with zero attached hydrogens (tertiary/aromatic N) is 2. The Balaban J connectivity index is 2.34. The second kappa shape index (κ2) is 6.02. The average Bonchev–Trinajstić information content (AvgIpc) is 2.79. The van der Waals surface area contributed by atoms with Gasteiger partial charge in [-0.15, -0.1) is 0 Å². The SMILES string of the molecule is CCc1cc(CC(C)(O)c2cc(C)cc(C)c2)n(CC)n1. The molecule has 0 saturated carbocycles. The molecular formula is C18H26N2O. The first-order valence-corrected chi connectivity index (χ1v) is 7.72. The molecule has 0 spiro atoms. The fourth-order valence-electron chi connectivity index (χ4n) is 2.84. The molecule has 1 atom stereocenters. The number of benzene rings is 1. The summed E-state index contributed by atoms with van der Waals surface area (Å²) in [5, 5.41) is 15.5. The summed E-state index contributed by atoms with van der Waals surface area (Å²) in [5.41, 5.74) is 4.64. The van der Waals surface area contributed by atoms with E-state index >= 15 is 0 Å². The van der Waals surface area contributed by atoms with Gasteiger partial charge < -0.3 is 5.11 Å². The van der Waals surface area contributed by atoms with Gasteiger partial charge in [-0.2, -0.15) is 5.10 Å². The van der Waals surface area contributed by atoms with Crippen LogP contribution in [0.4, 0.5) is 0 Å². The van der Waals surface area contributed by atoms with Gasteiger partial charge >= 0.3 is 0 Å². The Morgan fingerprint density at radius 1 is 1.10 bits per heavy atom. The maximum Gasteiger partial charge on any atom is 0.0923 e. The van der Waals surface area contributed by atoms with Gasteiger partial charge in [-0.25, -0.2) is 0 Å². The zero-order chi connectivity index (χ0) is 15.6. The van der Waals surface area contributed by atoms with E-state index < -0.39 is 5.60 Å². The van der Waals surface area contributed by atoms with E-state index in [9.17, 15) is 5.11 Å². The number of hydrogen-bond acceptors (Lipinski definition) is 2. The maximum atomic E-state index is 10.9. The zero-order valence-electron chi connectivity index (χ0n) is 13.8. The quantitative estimate of drug-likeness (QED) is 0.913. The molecule has 0 amide bonds. The summed E-state index contributed by atoms with van der Waals surface area (Å²) in [5.74, 6) is 0. The number of aromatic nitrogens is 2. The highest BCUT2D eigenvalue weighted by molar-refractivity contribution is 5.33. The number of hydrogen-bond donors (Lipinski definition) is 1. The fourth-order valence-corrected chi connectivity index (χ4v) is 2.84. The van der Waals surface area contributed by atoms with Crippen molar-refractivity contribution >= 4 is 0 Å². The topological polar surface area (TPSA) is 38.0 Å². The summed E-state index contributed by atoms with van der Waals surface area (Å²) < 4.78 is 2.00. The van der Waals surface area contributed by atoms with Gasteiger partial charge in [-0.05, 0) is 45.7 Å². The minimum atomic E-state index is -0.880. The van der Waals surface area contributed by atoms with Crippen molar-refractivity contribution < 1.29 is 5.11 Å². The largest absolute Gasteiger partial charge is 0.385 e. The van der Waals surface area contributed by atoms with Crippen LogP contribution in [0.2, 0.25) is 0 Å². The molecule has 1 aromatic carbocycles. The van der Waals surface area contributed by atoms with Crippen molar-refractivity contribution in [2.24, 2.45) is 0 Å². The lowest BCUT2D eigenvalue weighted by Gasteiger charge is -2.25. The maximum absolute atomic E-state index is 10.9. The lowest BCUT2D eigenvalue weighted by Crippen LogP contribution is -2.26. The van der Waals surface area contributed by atoms with Crippen molar-refractivity contribution in [3.8, 4) is 0 Å². The van der Waals surface area contributed by atoms with E-state index in [1.807, 2.05) is 11.6 Å². The minimum Gasteiger partial charge on any atom is -0.385 e. The summed E-state index contributed by atoms with van der Waals surface area (Å²) in [6.07, 6.45) is 1.50. The lowest BCUT2D eigenvalue weighted by atomic mass is 9.89. The molecule has 0 fully saturated rings. The smallest absolute Gasteiger partial charge is 0.0923 e. The third-order valence-electron chi connectivity index (χ3n) is 3.94. The van der Waals surface area contributed by atoms with Crippen molar-refractivity contribution in [3.63, 3.8) is 0 Å². The molecule has 0 aliphatic carbocycles. The van der Waals surface area contributed by atoms with E-state index in [4.69, 9.17) is 0 Å². The van der Waals surface area contributed by atoms with Crippen molar-refractivity contribution in [1.29, 1.82) is 0 Å². The zero-order valence-corrected chi connectivity index (χ0v) is 13.8. The van der Waals surface area contributed by atoms with Crippen LogP contribution in [0.25, 0.3) is 0 Å². The molecule has 2 aromatic rings. The van der Waals surface area contributed by atoms with Gasteiger partial charge in [0.25, 0.3) is 0 Å². The number of aryl methyl sites for hydroxylation is 4. The molecule has 21 heavy (non-hydrogen) atoms. The molecule has 0 bridgehead atoms. The van der Waals surface area contributed by atoms with Crippen LogP contribution in [0, 0.1) is 13.8 Å². The van der Waals surface area contributed by atoms with E-state index in [2.05, 4.69) is 57.1 Å². The lowest BCUT2D eigenvalue weighted by molar-refractivity contribution is 0.0553. The van der Waals surface area contributed by atoms with E-state index in [0.717, 1.165) is 29.9 Å². The summed E-state index contributed by atoms with van der Waals surface area (Å²) in [7, 11) is 0. The fraction of sp³-hybridized carbons (Fsp3) is 0.500. The summed E-state index contributed by atoms with van der Waals surface area (Å²) in [6.45, 7) is 11.0. The highest BCUT2D eigenvalue weighted by atomic mass is 16.3. The van der Waals surface area contributed by atoms with E-state index in [-0.39, 0.29) is 0 Å². The molecule has 1 N–H and O–H groups in total. The van der Waals surface area contributed by atoms with Gasteiger partial charge in [-0.3, -0.25) is 4.68 Å². The van der Waals surface area contributed by atoms with Crippen molar-refractivity contribution in [2.45, 2.75) is 59.6 Å². The first-order valence-electron chi connectivity index (χ1n) is 7.72. The Kier molecular flexibility index (Phi) is 4.52. The highest BCUT2D eigenvalue weighted by Gasteiger charge is 2.26. The molecule has 2 rings (SSSR count).